The summed E-state index contributed by atoms with van der Waals surface area (Å²) in [6, 6.07) is 0. The second-order valence-electron chi connectivity index (χ2n) is 6.32. The van der Waals surface area contributed by atoms with Crippen LogP contribution in [-0.2, 0) is 19.1 Å². The van der Waals surface area contributed by atoms with Crippen molar-refractivity contribution in [3.8, 4) is 0 Å². The highest BCUT2D eigenvalue weighted by Gasteiger charge is 2.27. The summed E-state index contributed by atoms with van der Waals surface area (Å²) < 4.78 is 9.97. The Balaban J connectivity index is 2.53. The lowest BCUT2D eigenvalue weighted by molar-refractivity contribution is -0.144. The third-order valence-corrected chi connectivity index (χ3v) is 3.53. The van der Waals surface area contributed by atoms with Gasteiger partial charge in [0.1, 0.15) is 0 Å². The van der Waals surface area contributed by atoms with E-state index in [1.54, 1.807) is 4.90 Å². The predicted octanol–water partition coefficient (Wildman–Crippen LogP) is 0.756. The SMILES string of the molecule is COC(=O)CCN(CCN1CCOCC1)C(=O)C(C)(C)C. The van der Waals surface area contributed by atoms with Gasteiger partial charge in [-0.15, -0.1) is 0 Å². The first kappa shape index (κ1) is 17.9. The van der Waals surface area contributed by atoms with Gasteiger partial charge in [-0.25, -0.2) is 0 Å². The normalized spacial score (nSPS) is 16.6. The molecule has 1 amide bonds. The van der Waals surface area contributed by atoms with Crippen LogP contribution in [0.3, 0.4) is 0 Å². The van der Waals surface area contributed by atoms with Crippen molar-refractivity contribution in [1.29, 1.82) is 0 Å². The quantitative estimate of drug-likeness (QED) is 0.678. The molecule has 1 aliphatic heterocycles. The van der Waals surface area contributed by atoms with Gasteiger partial charge in [0, 0.05) is 38.1 Å². The molecule has 0 radical (unpaired) electrons. The topological polar surface area (TPSA) is 59.1 Å². The zero-order valence-electron chi connectivity index (χ0n) is 13.7. The van der Waals surface area contributed by atoms with Crippen LogP contribution in [0.5, 0.6) is 0 Å². The van der Waals surface area contributed by atoms with E-state index in [1.165, 1.54) is 7.11 Å². The molecular weight excluding hydrogens is 272 g/mol. The van der Waals surface area contributed by atoms with Crippen molar-refractivity contribution in [3.63, 3.8) is 0 Å². The Kier molecular flexibility index (Phi) is 7.11. The zero-order valence-corrected chi connectivity index (χ0v) is 13.7. The Morgan fingerprint density at radius 2 is 1.81 bits per heavy atom. The zero-order chi connectivity index (χ0) is 15.9. The first-order valence-corrected chi connectivity index (χ1v) is 7.51. The van der Waals surface area contributed by atoms with Gasteiger partial charge in [-0.2, -0.15) is 0 Å². The fourth-order valence-corrected chi connectivity index (χ4v) is 2.20. The molecule has 6 heteroatoms. The van der Waals surface area contributed by atoms with E-state index >= 15 is 0 Å². The van der Waals surface area contributed by atoms with Gasteiger partial charge in [0.25, 0.3) is 0 Å². The number of carbonyl (C=O) groups excluding carboxylic acids is 2. The summed E-state index contributed by atoms with van der Waals surface area (Å²) >= 11 is 0. The lowest BCUT2D eigenvalue weighted by Gasteiger charge is -2.33. The first-order valence-electron chi connectivity index (χ1n) is 7.51. The van der Waals surface area contributed by atoms with Gasteiger partial charge in [0.2, 0.25) is 5.91 Å². The number of hydrogen-bond acceptors (Lipinski definition) is 5. The van der Waals surface area contributed by atoms with E-state index in [0.29, 0.717) is 13.1 Å². The predicted molar refractivity (Wildman–Crippen MR) is 79.9 cm³/mol. The average molecular weight is 300 g/mol. The maximum absolute atomic E-state index is 12.5. The van der Waals surface area contributed by atoms with Crippen LogP contribution in [-0.4, -0.2) is 74.7 Å². The van der Waals surface area contributed by atoms with Crippen molar-refractivity contribution in [3.05, 3.63) is 0 Å². The van der Waals surface area contributed by atoms with E-state index in [-0.39, 0.29) is 18.3 Å². The Morgan fingerprint density at radius 1 is 1.19 bits per heavy atom. The molecule has 0 aliphatic carbocycles. The fraction of sp³-hybridized carbons (Fsp3) is 0.867. The first-order chi connectivity index (χ1) is 9.84. The lowest BCUT2D eigenvalue weighted by atomic mass is 9.94. The van der Waals surface area contributed by atoms with Crippen LogP contribution in [0.25, 0.3) is 0 Å². The van der Waals surface area contributed by atoms with Gasteiger partial charge in [-0.3, -0.25) is 14.5 Å². The summed E-state index contributed by atoms with van der Waals surface area (Å²) in [5, 5.41) is 0. The number of amides is 1. The molecule has 0 bridgehead atoms. The third-order valence-electron chi connectivity index (χ3n) is 3.53. The smallest absolute Gasteiger partial charge is 0.307 e. The molecule has 122 valence electrons. The molecule has 0 saturated carbocycles. The van der Waals surface area contributed by atoms with Crippen LogP contribution in [0.2, 0.25) is 0 Å². The average Bonchev–Trinajstić information content (AvgIpc) is 2.46. The molecule has 0 atom stereocenters. The number of hydrogen-bond donors (Lipinski definition) is 0. The van der Waals surface area contributed by atoms with Crippen molar-refractivity contribution in [2.45, 2.75) is 27.2 Å². The van der Waals surface area contributed by atoms with E-state index in [0.717, 1.165) is 32.8 Å². The Hall–Kier alpha value is -1.14. The monoisotopic (exact) mass is 300 g/mol. The Morgan fingerprint density at radius 3 is 2.33 bits per heavy atom. The molecule has 0 N–H and O–H groups in total. The van der Waals surface area contributed by atoms with Crippen molar-refractivity contribution in [2.24, 2.45) is 5.41 Å². The van der Waals surface area contributed by atoms with Crippen LogP contribution in [0.1, 0.15) is 27.2 Å². The second kappa shape index (κ2) is 8.34. The van der Waals surface area contributed by atoms with E-state index in [2.05, 4.69) is 9.64 Å². The van der Waals surface area contributed by atoms with Crippen molar-refractivity contribution >= 4 is 11.9 Å². The van der Waals surface area contributed by atoms with Gasteiger partial charge >= 0.3 is 5.97 Å². The van der Waals surface area contributed by atoms with Crippen molar-refractivity contribution in [2.75, 3.05) is 53.0 Å². The summed E-state index contributed by atoms with van der Waals surface area (Å²) in [5.41, 5.74) is -0.443. The molecule has 1 rings (SSSR count). The molecule has 0 aromatic heterocycles. The summed E-state index contributed by atoms with van der Waals surface area (Å²) in [6.45, 7) is 10.8. The summed E-state index contributed by atoms with van der Waals surface area (Å²) in [6.07, 6.45) is 0.238. The van der Waals surface area contributed by atoms with Crippen LogP contribution in [0.15, 0.2) is 0 Å². The highest BCUT2D eigenvalue weighted by Crippen LogP contribution is 2.17. The minimum atomic E-state index is -0.443. The number of nitrogens with zero attached hydrogens (tertiary/aromatic N) is 2. The molecule has 1 heterocycles. The molecule has 6 nitrogen and oxygen atoms in total. The molecule has 0 unspecified atom stereocenters. The van der Waals surface area contributed by atoms with Crippen LogP contribution in [0.4, 0.5) is 0 Å². The summed E-state index contributed by atoms with van der Waals surface area (Å²) in [7, 11) is 1.37. The number of methoxy groups -OCH3 is 1. The van der Waals surface area contributed by atoms with Crippen LogP contribution >= 0.6 is 0 Å². The molecule has 1 fully saturated rings. The third kappa shape index (κ3) is 6.44. The largest absolute Gasteiger partial charge is 0.469 e. The van der Waals surface area contributed by atoms with Gasteiger partial charge in [0.05, 0.1) is 26.7 Å². The summed E-state index contributed by atoms with van der Waals surface area (Å²) in [4.78, 5) is 27.8. The van der Waals surface area contributed by atoms with Crippen molar-refractivity contribution in [1.82, 2.24) is 9.80 Å². The van der Waals surface area contributed by atoms with Gasteiger partial charge in [0.15, 0.2) is 0 Å². The minimum absolute atomic E-state index is 0.0691. The molecular formula is C15H28N2O4. The maximum Gasteiger partial charge on any atom is 0.307 e. The molecule has 0 aromatic carbocycles. The van der Waals surface area contributed by atoms with Crippen LogP contribution < -0.4 is 0 Å². The van der Waals surface area contributed by atoms with E-state index in [4.69, 9.17) is 4.74 Å². The van der Waals surface area contributed by atoms with Gasteiger partial charge in [-0.05, 0) is 0 Å². The van der Waals surface area contributed by atoms with Gasteiger partial charge in [-0.1, -0.05) is 20.8 Å². The number of carbonyl (C=O) groups is 2. The fourth-order valence-electron chi connectivity index (χ4n) is 2.20. The lowest BCUT2D eigenvalue weighted by Crippen LogP contribution is -2.46. The minimum Gasteiger partial charge on any atom is -0.469 e. The summed E-state index contributed by atoms with van der Waals surface area (Å²) in [5.74, 6) is -0.215. The number of morpholine rings is 1. The maximum atomic E-state index is 12.5. The molecule has 1 aliphatic rings. The second-order valence-corrected chi connectivity index (χ2v) is 6.32. The standard InChI is InChI=1S/C15H28N2O4/c1-15(2,3)14(19)17(6-5-13(18)20-4)8-7-16-9-11-21-12-10-16/h5-12H2,1-4H3. The molecule has 1 saturated heterocycles. The van der Waals surface area contributed by atoms with Crippen LogP contribution in [0, 0.1) is 5.41 Å². The highest BCUT2D eigenvalue weighted by atomic mass is 16.5. The molecule has 21 heavy (non-hydrogen) atoms. The number of esters is 1. The van der Waals surface area contributed by atoms with Crippen molar-refractivity contribution < 1.29 is 19.1 Å². The highest BCUT2D eigenvalue weighted by molar-refractivity contribution is 5.82. The van der Waals surface area contributed by atoms with E-state index in [1.807, 2.05) is 20.8 Å². The Bertz CT molecular complexity index is 346. The Labute approximate surface area is 127 Å². The molecule has 0 spiro atoms. The number of rotatable bonds is 6. The molecule has 0 aromatic rings. The van der Waals surface area contributed by atoms with E-state index in [9.17, 15) is 9.59 Å². The van der Waals surface area contributed by atoms with E-state index < -0.39 is 5.41 Å². The van der Waals surface area contributed by atoms with Gasteiger partial charge < -0.3 is 14.4 Å². The number of ether oxygens (including phenoxy) is 2.